The average molecular weight is 408 g/mol. The molecule has 3 N–H and O–H groups in total. The highest BCUT2D eigenvalue weighted by Gasteiger charge is 2.15. The molecule has 2 amide bonds. The monoisotopic (exact) mass is 407 g/mol. The van der Waals surface area contributed by atoms with Gasteiger partial charge in [0.1, 0.15) is 0 Å². The van der Waals surface area contributed by atoms with Crippen molar-refractivity contribution in [2.75, 3.05) is 23.9 Å². The highest BCUT2D eigenvalue weighted by atomic mass is 32.2. The van der Waals surface area contributed by atoms with Crippen LogP contribution in [-0.2, 0) is 14.8 Å². The zero-order chi connectivity index (χ0) is 20.2. The van der Waals surface area contributed by atoms with E-state index in [-0.39, 0.29) is 16.7 Å². The molecule has 0 saturated carbocycles. The van der Waals surface area contributed by atoms with Crippen molar-refractivity contribution in [3.05, 3.63) is 47.5 Å². The van der Waals surface area contributed by atoms with Gasteiger partial charge in [0.15, 0.2) is 0 Å². The molecule has 27 heavy (non-hydrogen) atoms. The Hall–Kier alpha value is -2.36. The van der Waals surface area contributed by atoms with Crippen LogP contribution in [0, 0.1) is 6.92 Å². The smallest absolute Gasteiger partial charge is 0.255 e. The van der Waals surface area contributed by atoms with Crippen LogP contribution >= 0.6 is 11.8 Å². The number of sulfonamides is 1. The maximum Gasteiger partial charge on any atom is 0.255 e. The number of rotatable bonds is 6. The number of benzene rings is 2. The van der Waals surface area contributed by atoms with Crippen molar-refractivity contribution < 1.29 is 18.0 Å². The topological polar surface area (TPSA) is 104 Å². The Balaban J connectivity index is 2.32. The Bertz CT molecular complexity index is 988. The van der Waals surface area contributed by atoms with E-state index in [0.717, 1.165) is 10.5 Å². The molecule has 0 aliphatic heterocycles. The van der Waals surface area contributed by atoms with Crippen molar-refractivity contribution in [1.29, 1.82) is 0 Å². The van der Waals surface area contributed by atoms with Crippen LogP contribution in [0.5, 0.6) is 0 Å². The summed E-state index contributed by atoms with van der Waals surface area (Å²) in [6.07, 6.45) is 1.85. The second kappa shape index (κ2) is 8.55. The molecular weight excluding hydrogens is 386 g/mol. The number of aryl methyl sites for hydroxylation is 1. The van der Waals surface area contributed by atoms with E-state index in [2.05, 4.69) is 15.4 Å². The van der Waals surface area contributed by atoms with Gasteiger partial charge in [0.25, 0.3) is 5.91 Å². The number of carbonyl (C=O) groups excluding carboxylic acids is 2. The first-order chi connectivity index (χ1) is 12.7. The van der Waals surface area contributed by atoms with Crippen molar-refractivity contribution in [3.63, 3.8) is 0 Å². The third-order valence-electron chi connectivity index (χ3n) is 3.81. The molecule has 2 aromatic rings. The molecule has 0 heterocycles. The predicted octanol–water partition coefficient (Wildman–Crippen LogP) is 2.84. The van der Waals surface area contributed by atoms with Gasteiger partial charge in [-0.2, -0.15) is 0 Å². The van der Waals surface area contributed by atoms with E-state index in [0.29, 0.717) is 16.9 Å². The zero-order valence-electron chi connectivity index (χ0n) is 15.4. The lowest BCUT2D eigenvalue weighted by atomic mass is 10.1. The first kappa shape index (κ1) is 20.9. The molecule has 0 bridgehead atoms. The molecule has 2 rings (SSSR count). The van der Waals surface area contributed by atoms with Gasteiger partial charge < -0.3 is 10.6 Å². The highest BCUT2D eigenvalue weighted by molar-refractivity contribution is 7.98. The highest BCUT2D eigenvalue weighted by Crippen LogP contribution is 2.27. The average Bonchev–Trinajstić information content (AvgIpc) is 2.63. The summed E-state index contributed by atoms with van der Waals surface area (Å²) in [5.41, 5.74) is 2.17. The predicted molar refractivity (Wildman–Crippen MR) is 108 cm³/mol. The van der Waals surface area contributed by atoms with Gasteiger partial charge in [-0.1, -0.05) is 6.07 Å². The largest absolute Gasteiger partial charge is 0.325 e. The van der Waals surface area contributed by atoms with Crippen molar-refractivity contribution in [2.45, 2.75) is 23.6 Å². The van der Waals surface area contributed by atoms with Gasteiger partial charge in [-0.25, -0.2) is 13.1 Å². The fourth-order valence-corrected chi connectivity index (χ4v) is 3.68. The van der Waals surface area contributed by atoms with E-state index >= 15 is 0 Å². The molecule has 0 unspecified atom stereocenters. The lowest BCUT2D eigenvalue weighted by molar-refractivity contribution is -0.114. The van der Waals surface area contributed by atoms with E-state index in [4.69, 9.17) is 0 Å². The van der Waals surface area contributed by atoms with E-state index < -0.39 is 10.0 Å². The van der Waals surface area contributed by atoms with Crippen molar-refractivity contribution >= 4 is 45.0 Å². The van der Waals surface area contributed by atoms with Gasteiger partial charge in [-0.05, 0) is 56.1 Å². The Morgan fingerprint density at radius 2 is 1.70 bits per heavy atom. The summed E-state index contributed by atoms with van der Waals surface area (Å²) in [6.45, 7) is 3.19. The van der Waals surface area contributed by atoms with Crippen LogP contribution in [0.4, 0.5) is 11.4 Å². The van der Waals surface area contributed by atoms with E-state index in [1.54, 1.807) is 31.2 Å². The van der Waals surface area contributed by atoms with Crippen molar-refractivity contribution in [2.24, 2.45) is 0 Å². The number of amides is 2. The molecule has 0 saturated heterocycles. The van der Waals surface area contributed by atoms with Crippen molar-refractivity contribution in [1.82, 2.24) is 4.72 Å². The Kier molecular flexibility index (Phi) is 6.63. The summed E-state index contributed by atoms with van der Waals surface area (Å²) < 4.78 is 26.2. The number of anilines is 2. The fourth-order valence-electron chi connectivity index (χ4n) is 2.34. The van der Waals surface area contributed by atoms with Gasteiger partial charge in [-0.3, -0.25) is 9.59 Å². The Morgan fingerprint density at radius 3 is 2.30 bits per heavy atom. The second-order valence-electron chi connectivity index (χ2n) is 5.73. The minimum absolute atomic E-state index is 0.0664. The molecule has 0 spiro atoms. The first-order valence-electron chi connectivity index (χ1n) is 7.99. The lowest BCUT2D eigenvalue weighted by Crippen LogP contribution is -2.19. The van der Waals surface area contributed by atoms with Crippen LogP contribution < -0.4 is 15.4 Å². The maximum absolute atomic E-state index is 12.6. The lowest BCUT2D eigenvalue weighted by Gasteiger charge is -2.13. The Morgan fingerprint density at radius 1 is 1.00 bits per heavy atom. The molecule has 144 valence electrons. The minimum Gasteiger partial charge on any atom is -0.325 e. The molecule has 0 aliphatic rings. The van der Waals surface area contributed by atoms with E-state index in [1.165, 1.54) is 37.9 Å². The molecule has 0 fully saturated rings. The summed E-state index contributed by atoms with van der Waals surface area (Å²) in [5, 5.41) is 5.46. The van der Waals surface area contributed by atoms with Crippen LogP contribution in [0.3, 0.4) is 0 Å². The summed E-state index contributed by atoms with van der Waals surface area (Å²) in [6, 6.07) is 9.47. The molecule has 2 aromatic carbocycles. The van der Waals surface area contributed by atoms with Crippen molar-refractivity contribution in [3.8, 4) is 0 Å². The van der Waals surface area contributed by atoms with E-state index in [9.17, 15) is 18.0 Å². The second-order valence-corrected chi connectivity index (χ2v) is 8.47. The summed E-state index contributed by atoms with van der Waals surface area (Å²) >= 11 is 1.40. The van der Waals surface area contributed by atoms with Crippen LogP contribution in [0.1, 0.15) is 22.8 Å². The maximum atomic E-state index is 12.6. The molecule has 7 nitrogen and oxygen atoms in total. The summed E-state index contributed by atoms with van der Waals surface area (Å²) in [4.78, 5) is 24.7. The van der Waals surface area contributed by atoms with Gasteiger partial charge in [0.2, 0.25) is 15.9 Å². The quantitative estimate of drug-likeness (QED) is 0.639. The summed E-state index contributed by atoms with van der Waals surface area (Å²) in [7, 11) is -2.28. The number of nitrogens with one attached hydrogen (secondary N) is 3. The number of carbonyl (C=O) groups is 2. The van der Waals surface area contributed by atoms with Gasteiger partial charge in [-0.15, -0.1) is 11.8 Å². The SMILES string of the molecule is CNS(=O)(=O)c1ccc(C)c(NC(=O)c2ccc(NC(C)=O)c(SC)c2)c1. The number of hydrogen-bond acceptors (Lipinski definition) is 5. The molecule has 0 radical (unpaired) electrons. The molecule has 0 aliphatic carbocycles. The van der Waals surface area contributed by atoms with Crippen LogP contribution in [0.25, 0.3) is 0 Å². The molecule has 0 atom stereocenters. The van der Waals surface area contributed by atoms with Gasteiger partial charge >= 0.3 is 0 Å². The standard InChI is InChI=1S/C18H21N3O4S2/c1-11-5-7-14(27(24,25)19-3)10-16(11)21-18(23)13-6-8-15(20-12(2)22)17(9-13)26-4/h5-10,19H,1-4H3,(H,20,22)(H,21,23). The molecular formula is C18H21N3O4S2. The number of thioether (sulfide) groups is 1. The normalized spacial score (nSPS) is 11.1. The summed E-state index contributed by atoms with van der Waals surface area (Å²) in [5.74, 6) is -0.567. The van der Waals surface area contributed by atoms with Crippen LogP contribution in [0.2, 0.25) is 0 Å². The van der Waals surface area contributed by atoms with Crippen LogP contribution in [-0.4, -0.2) is 33.5 Å². The first-order valence-corrected chi connectivity index (χ1v) is 10.7. The van der Waals surface area contributed by atoms with E-state index in [1.807, 2.05) is 6.26 Å². The third-order valence-corrected chi connectivity index (χ3v) is 6.00. The molecule has 0 aromatic heterocycles. The number of hydrogen-bond donors (Lipinski definition) is 3. The van der Waals surface area contributed by atoms with Crippen LogP contribution in [0.15, 0.2) is 46.2 Å². The zero-order valence-corrected chi connectivity index (χ0v) is 17.0. The third kappa shape index (κ3) is 5.09. The minimum atomic E-state index is -3.61. The molecule has 9 heteroatoms. The van der Waals surface area contributed by atoms with Gasteiger partial charge in [0.05, 0.1) is 10.6 Å². The van der Waals surface area contributed by atoms with Gasteiger partial charge in [0, 0.05) is 23.1 Å². The fraction of sp³-hybridized carbons (Fsp3) is 0.222. The Labute approximate surface area is 163 Å².